The van der Waals surface area contributed by atoms with Crippen LogP contribution < -0.4 is 5.32 Å². The largest absolute Gasteiger partial charge is 0.378 e. The van der Waals surface area contributed by atoms with E-state index in [2.05, 4.69) is 34.0 Å². The summed E-state index contributed by atoms with van der Waals surface area (Å²) in [5, 5.41) is 3.45. The number of halogens is 1. The Morgan fingerprint density at radius 1 is 1.10 bits per heavy atom. The first-order chi connectivity index (χ1) is 9.56. The van der Waals surface area contributed by atoms with E-state index >= 15 is 0 Å². The summed E-state index contributed by atoms with van der Waals surface area (Å²) in [6.07, 6.45) is 0.602. The Morgan fingerprint density at radius 2 is 1.90 bits per heavy atom. The van der Waals surface area contributed by atoms with Crippen molar-refractivity contribution in [2.45, 2.75) is 17.4 Å². The summed E-state index contributed by atoms with van der Waals surface area (Å²) in [7, 11) is -3.12. The van der Waals surface area contributed by atoms with Gasteiger partial charge in [0.15, 0.2) is 9.84 Å². The molecule has 1 aliphatic heterocycles. The summed E-state index contributed by atoms with van der Waals surface area (Å²) in [5.41, 5.74) is 1.90. The third-order valence-electron chi connectivity index (χ3n) is 3.47. The van der Waals surface area contributed by atoms with Crippen molar-refractivity contribution in [3.63, 3.8) is 0 Å². The van der Waals surface area contributed by atoms with E-state index in [9.17, 15) is 8.42 Å². The maximum absolute atomic E-state index is 12.1. The standard InChI is InChI=1S/C15H14INO2S/c16-11-4-3-5-12(10-11)17-14-8-9-20(18,19)15-7-2-1-6-13(14)15/h1-7,10,14,17H,8-9H2. The van der Waals surface area contributed by atoms with Gasteiger partial charge in [0.05, 0.1) is 16.7 Å². The molecule has 0 aromatic heterocycles. The zero-order chi connectivity index (χ0) is 14.2. The van der Waals surface area contributed by atoms with Gasteiger partial charge in [-0.1, -0.05) is 24.3 Å². The van der Waals surface area contributed by atoms with Gasteiger partial charge in [-0.05, 0) is 58.8 Å². The lowest BCUT2D eigenvalue weighted by Crippen LogP contribution is -2.24. The van der Waals surface area contributed by atoms with E-state index in [4.69, 9.17) is 0 Å². The summed E-state index contributed by atoms with van der Waals surface area (Å²) in [6.45, 7) is 0. The lowest BCUT2D eigenvalue weighted by atomic mass is 10.0. The van der Waals surface area contributed by atoms with E-state index in [1.165, 1.54) is 0 Å². The molecule has 3 rings (SSSR count). The number of hydrogen-bond donors (Lipinski definition) is 1. The predicted molar refractivity (Wildman–Crippen MR) is 88.6 cm³/mol. The summed E-state index contributed by atoms with van der Waals surface area (Å²) in [6, 6.07) is 15.4. The molecule has 1 N–H and O–H groups in total. The number of anilines is 1. The fourth-order valence-corrected chi connectivity index (χ4v) is 4.68. The Kier molecular flexibility index (Phi) is 3.72. The van der Waals surface area contributed by atoms with Crippen LogP contribution in [0.1, 0.15) is 18.0 Å². The molecule has 104 valence electrons. The van der Waals surface area contributed by atoms with Crippen molar-refractivity contribution in [1.82, 2.24) is 0 Å². The first kappa shape index (κ1) is 13.9. The number of nitrogens with one attached hydrogen (secondary N) is 1. The van der Waals surface area contributed by atoms with Crippen molar-refractivity contribution in [3.8, 4) is 0 Å². The fourth-order valence-electron chi connectivity index (χ4n) is 2.52. The smallest absolute Gasteiger partial charge is 0.178 e. The van der Waals surface area contributed by atoms with Crippen LogP contribution in [0.25, 0.3) is 0 Å². The van der Waals surface area contributed by atoms with Crippen molar-refractivity contribution in [1.29, 1.82) is 0 Å². The van der Waals surface area contributed by atoms with Crippen LogP contribution in [0.4, 0.5) is 5.69 Å². The number of hydrogen-bond acceptors (Lipinski definition) is 3. The van der Waals surface area contributed by atoms with E-state index in [1.807, 2.05) is 30.3 Å². The van der Waals surface area contributed by atoms with Gasteiger partial charge in [0, 0.05) is 9.26 Å². The number of benzene rings is 2. The number of fused-ring (bicyclic) bond motifs is 1. The Bertz CT molecular complexity index is 743. The monoisotopic (exact) mass is 399 g/mol. The summed E-state index contributed by atoms with van der Waals surface area (Å²) in [5.74, 6) is 0.200. The van der Waals surface area contributed by atoms with Crippen LogP contribution in [0.5, 0.6) is 0 Å². The van der Waals surface area contributed by atoms with E-state index in [1.54, 1.807) is 12.1 Å². The van der Waals surface area contributed by atoms with Gasteiger partial charge >= 0.3 is 0 Å². The van der Waals surface area contributed by atoms with Gasteiger partial charge in [-0.15, -0.1) is 0 Å². The fraction of sp³-hybridized carbons (Fsp3) is 0.200. The molecule has 0 radical (unpaired) electrons. The molecule has 0 saturated heterocycles. The molecule has 1 aliphatic rings. The van der Waals surface area contributed by atoms with Gasteiger partial charge in [-0.2, -0.15) is 0 Å². The summed E-state index contributed by atoms with van der Waals surface area (Å²) in [4.78, 5) is 0.467. The van der Waals surface area contributed by atoms with Crippen LogP contribution in [0.2, 0.25) is 0 Å². The topological polar surface area (TPSA) is 46.2 Å². The molecule has 20 heavy (non-hydrogen) atoms. The zero-order valence-corrected chi connectivity index (χ0v) is 13.7. The molecule has 3 nitrogen and oxygen atoms in total. The molecule has 0 amide bonds. The molecule has 0 aliphatic carbocycles. The average Bonchev–Trinajstić information content (AvgIpc) is 2.43. The Labute approximate surface area is 132 Å². The molecule has 1 atom stereocenters. The van der Waals surface area contributed by atoms with Crippen LogP contribution in [-0.4, -0.2) is 14.2 Å². The van der Waals surface area contributed by atoms with E-state index in [0.29, 0.717) is 11.3 Å². The van der Waals surface area contributed by atoms with Gasteiger partial charge in [0.1, 0.15) is 0 Å². The average molecular weight is 399 g/mol. The molecule has 1 heterocycles. The third kappa shape index (κ3) is 2.69. The van der Waals surface area contributed by atoms with Gasteiger partial charge in [0.25, 0.3) is 0 Å². The molecule has 1 unspecified atom stereocenters. The molecule has 0 saturated carbocycles. The predicted octanol–water partition coefficient (Wildman–Crippen LogP) is 3.62. The minimum Gasteiger partial charge on any atom is -0.378 e. The molecule has 2 aromatic rings. The highest BCUT2D eigenvalue weighted by atomic mass is 127. The molecule has 0 spiro atoms. The van der Waals surface area contributed by atoms with Gasteiger partial charge < -0.3 is 5.32 Å². The van der Waals surface area contributed by atoms with Gasteiger partial charge in [-0.25, -0.2) is 8.42 Å². The van der Waals surface area contributed by atoms with Crippen molar-refractivity contribution >= 4 is 38.1 Å². The normalized spacial score (nSPS) is 20.1. The Balaban J connectivity index is 1.96. The highest BCUT2D eigenvalue weighted by Crippen LogP contribution is 2.34. The van der Waals surface area contributed by atoms with Crippen molar-refractivity contribution in [2.24, 2.45) is 0 Å². The SMILES string of the molecule is O=S1(=O)CCC(Nc2cccc(I)c2)c2ccccc21. The highest BCUT2D eigenvalue weighted by molar-refractivity contribution is 14.1. The molecule has 2 aromatic carbocycles. The third-order valence-corrected chi connectivity index (χ3v) is 5.96. The molecular weight excluding hydrogens is 385 g/mol. The molecule has 0 bridgehead atoms. The van der Waals surface area contributed by atoms with Crippen molar-refractivity contribution in [3.05, 3.63) is 57.7 Å². The summed E-state index contributed by atoms with van der Waals surface area (Å²) < 4.78 is 25.3. The van der Waals surface area contributed by atoms with Crippen LogP contribution in [-0.2, 0) is 9.84 Å². The van der Waals surface area contributed by atoms with Crippen molar-refractivity contribution in [2.75, 3.05) is 11.1 Å². The molecule has 0 fully saturated rings. The summed E-state index contributed by atoms with van der Waals surface area (Å²) >= 11 is 2.27. The quantitative estimate of drug-likeness (QED) is 0.785. The highest BCUT2D eigenvalue weighted by Gasteiger charge is 2.29. The maximum Gasteiger partial charge on any atom is 0.178 e. The minimum absolute atomic E-state index is 0.0490. The van der Waals surface area contributed by atoms with Crippen LogP contribution >= 0.6 is 22.6 Å². The second kappa shape index (κ2) is 5.37. The Hall–Kier alpha value is -1.08. The van der Waals surface area contributed by atoms with Crippen LogP contribution in [0.15, 0.2) is 53.4 Å². The maximum atomic E-state index is 12.1. The first-order valence-electron chi connectivity index (χ1n) is 6.40. The Morgan fingerprint density at radius 3 is 2.70 bits per heavy atom. The minimum atomic E-state index is -3.12. The molecule has 5 heteroatoms. The second-order valence-corrected chi connectivity index (χ2v) is 8.18. The van der Waals surface area contributed by atoms with E-state index in [-0.39, 0.29) is 11.8 Å². The zero-order valence-electron chi connectivity index (χ0n) is 10.7. The number of rotatable bonds is 2. The first-order valence-corrected chi connectivity index (χ1v) is 9.13. The van der Waals surface area contributed by atoms with E-state index in [0.717, 1.165) is 14.8 Å². The van der Waals surface area contributed by atoms with Crippen molar-refractivity contribution < 1.29 is 8.42 Å². The van der Waals surface area contributed by atoms with Crippen LogP contribution in [0.3, 0.4) is 0 Å². The van der Waals surface area contributed by atoms with Gasteiger partial charge in [-0.3, -0.25) is 0 Å². The van der Waals surface area contributed by atoms with Gasteiger partial charge in [0.2, 0.25) is 0 Å². The second-order valence-electron chi connectivity index (χ2n) is 4.85. The number of sulfone groups is 1. The van der Waals surface area contributed by atoms with E-state index < -0.39 is 9.84 Å². The lowest BCUT2D eigenvalue weighted by Gasteiger charge is -2.27. The van der Waals surface area contributed by atoms with Crippen LogP contribution in [0, 0.1) is 3.57 Å². The lowest BCUT2D eigenvalue weighted by molar-refractivity contribution is 0.576. The molecular formula is C15H14INO2S.